The predicted molar refractivity (Wildman–Crippen MR) is 128 cm³/mol. The monoisotopic (exact) mass is 437 g/mol. The highest BCUT2D eigenvalue weighted by Gasteiger charge is 2.20. The van der Waals surface area contributed by atoms with Gasteiger partial charge >= 0.3 is 0 Å². The zero-order valence-electron chi connectivity index (χ0n) is 18.7. The van der Waals surface area contributed by atoms with Crippen LogP contribution in [-0.2, 0) is 9.47 Å². The number of hydrogen-bond donors (Lipinski definition) is 5. The van der Waals surface area contributed by atoms with Crippen molar-refractivity contribution in [1.82, 2.24) is 15.3 Å². The Morgan fingerprint density at radius 1 is 1.34 bits per heavy atom. The lowest BCUT2D eigenvalue weighted by Gasteiger charge is -2.26. The molecule has 0 aromatic carbocycles. The molecule has 0 unspecified atom stereocenters. The number of fused-ring (bicyclic) bond motifs is 1. The van der Waals surface area contributed by atoms with E-state index in [0.717, 1.165) is 16.7 Å². The highest BCUT2D eigenvalue weighted by atomic mass is 16.6. The SMILES string of the molecule is CN/C=C(\C(=N)COC1COC1)c1cnc2ccc(N/C(N)=C/C(=C\N)C(C)C)nc2c1. The summed E-state index contributed by atoms with van der Waals surface area (Å²) in [6, 6.07) is 5.59. The number of nitrogens with one attached hydrogen (secondary N) is 3. The Morgan fingerprint density at radius 3 is 2.75 bits per heavy atom. The number of pyridine rings is 2. The van der Waals surface area contributed by atoms with Gasteiger partial charge in [0.2, 0.25) is 0 Å². The number of rotatable bonds is 10. The number of allylic oxidation sites excluding steroid dienone is 2. The molecule has 9 heteroatoms. The van der Waals surface area contributed by atoms with Gasteiger partial charge in [0.25, 0.3) is 0 Å². The van der Waals surface area contributed by atoms with Crippen LogP contribution in [0, 0.1) is 11.3 Å². The van der Waals surface area contributed by atoms with Gasteiger partial charge < -0.3 is 37.0 Å². The standard InChI is InChI=1S/C23H31N7O2/c1-14(2)15(8-24)7-22(26)30-23-5-4-20-21(29-23)6-16(9-28-20)18(10-27-3)19(25)13-32-17-11-31-12-17/h4-10,14,17,25,27H,11-13,24,26H2,1-3H3,(H,29,30)/b15-8+,18-10-,22-7+,25-19?. The maximum Gasteiger partial charge on any atom is 0.132 e. The summed E-state index contributed by atoms with van der Waals surface area (Å²) < 4.78 is 10.8. The number of anilines is 1. The zero-order valence-corrected chi connectivity index (χ0v) is 18.7. The van der Waals surface area contributed by atoms with Crippen molar-refractivity contribution < 1.29 is 9.47 Å². The molecule has 0 saturated carbocycles. The Labute approximate surface area is 188 Å². The average molecular weight is 438 g/mol. The van der Waals surface area contributed by atoms with Crippen LogP contribution < -0.4 is 22.1 Å². The van der Waals surface area contributed by atoms with Crippen molar-refractivity contribution in [3.05, 3.63) is 59.8 Å². The highest BCUT2D eigenvalue weighted by molar-refractivity contribution is 6.23. The summed E-state index contributed by atoms with van der Waals surface area (Å²) in [5, 5.41) is 14.6. The van der Waals surface area contributed by atoms with Gasteiger partial charge in [0.15, 0.2) is 0 Å². The fourth-order valence-corrected chi connectivity index (χ4v) is 3.07. The van der Waals surface area contributed by atoms with E-state index in [-0.39, 0.29) is 18.6 Å². The van der Waals surface area contributed by atoms with Crippen LogP contribution in [0.1, 0.15) is 19.4 Å². The molecule has 1 aliphatic heterocycles. The fourth-order valence-electron chi connectivity index (χ4n) is 3.07. The minimum absolute atomic E-state index is 0.0556. The maximum atomic E-state index is 8.47. The van der Waals surface area contributed by atoms with E-state index in [1.807, 2.05) is 32.0 Å². The summed E-state index contributed by atoms with van der Waals surface area (Å²) in [4.78, 5) is 9.15. The molecule has 170 valence electrons. The second-order valence-corrected chi connectivity index (χ2v) is 7.80. The molecule has 7 N–H and O–H groups in total. The topological polar surface area (TPSA) is 144 Å². The van der Waals surface area contributed by atoms with Crippen LogP contribution in [0.2, 0.25) is 0 Å². The second kappa shape index (κ2) is 10.7. The molecular weight excluding hydrogens is 406 g/mol. The Hall–Kier alpha value is -3.43. The third-order valence-corrected chi connectivity index (χ3v) is 4.99. The average Bonchev–Trinajstić information content (AvgIpc) is 2.73. The fraction of sp³-hybridized carbons (Fsp3) is 0.348. The lowest BCUT2D eigenvalue weighted by atomic mass is 10.0. The first-order valence-corrected chi connectivity index (χ1v) is 10.5. The number of nitrogens with zero attached hydrogens (tertiary/aromatic N) is 2. The van der Waals surface area contributed by atoms with E-state index in [0.29, 0.717) is 41.7 Å². The van der Waals surface area contributed by atoms with Gasteiger partial charge in [-0.1, -0.05) is 13.8 Å². The number of ether oxygens (including phenoxy) is 2. The van der Waals surface area contributed by atoms with E-state index in [2.05, 4.69) is 20.6 Å². The van der Waals surface area contributed by atoms with Crippen LogP contribution in [0.4, 0.5) is 5.82 Å². The van der Waals surface area contributed by atoms with Crippen molar-refractivity contribution in [2.75, 3.05) is 32.2 Å². The molecule has 3 rings (SSSR count). The van der Waals surface area contributed by atoms with Crippen LogP contribution in [0.3, 0.4) is 0 Å². The summed E-state index contributed by atoms with van der Waals surface area (Å²) in [6.45, 7) is 5.44. The summed E-state index contributed by atoms with van der Waals surface area (Å²) in [5.41, 5.74) is 16.0. The Balaban J connectivity index is 1.82. The summed E-state index contributed by atoms with van der Waals surface area (Å²) in [6.07, 6.45) is 6.90. The zero-order chi connectivity index (χ0) is 23.1. The first-order chi connectivity index (χ1) is 15.4. The number of hydrogen-bond acceptors (Lipinski definition) is 9. The van der Waals surface area contributed by atoms with Gasteiger partial charge in [0.1, 0.15) is 17.7 Å². The van der Waals surface area contributed by atoms with Crippen LogP contribution in [0.15, 0.2) is 54.3 Å². The first-order valence-electron chi connectivity index (χ1n) is 10.5. The van der Waals surface area contributed by atoms with Crippen LogP contribution in [0.25, 0.3) is 16.6 Å². The molecule has 1 aliphatic rings. The summed E-state index contributed by atoms with van der Waals surface area (Å²) in [7, 11) is 1.79. The molecule has 0 radical (unpaired) electrons. The van der Waals surface area contributed by atoms with E-state index in [9.17, 15) is 0 Å². The van der Waals surface area contributed by atoms with Crippen LogP contribution in [-0.4, -0.2) is 48.7 Å². The number of aromatic nitrogens is 2. The normalized spacial score (nSPS) is 15.7. The van der Waals surface area contributed by atoms with Gasteiger partial charge in [0, 0.05) is 30.6 Å². The molecule has 9 nitrogen and oxygen atoms in total. The molecule has 32 heavy (non-hydrogen) atoms. The molecule has 1 saturated heterocycles. The van der Waals surface area contributed by atoms with Gasteiger partial charge in [-0.2, -0.15) is 0 Å². The molecule has 0 amide bonds. The lowest BCUT2D eigenvalue weighted by molar-refractivity contribution is -0.120. The highest BCUT2D eigenvalue weighted by Crippen LogP contribution is 2.21. The van der Waals surface area contributed by atoms with E-state index >= 15 is 0 Å². The smallest absolute Gasteiger partial charge is 0.132 e. The Bertz CT molecular complexity index is 1060. The van der Waals surface area contributed by atoms with Crippen LogP contribution in [0.5, 0.6) is 0 Å². The van der Waals surface area contributed by atoms with E-state index < -0.39 is 0 Å². The Morgan fingerprint density at radius 2 is 2.12 bits per heavy atom. The van der Waals surface area contributed by atoms with Crippen LogP contribution >= 0.6 is 0 Å². The van der Waals surface area contributed by atoms with Gasteiger partial charge in [-0.3, -0.25) is 4.98 Å². The van der Waals surface area contributed by atoms with Crippen molar-refractivity contribution in [2.24, 2.45) is 17.4 Å². The van der Waals surface area contributed by atoms with Gasteiger partial charge in [-0.25, -0.2) is 4.98 Å². The lowest BCUT2D eigenvalue weighted by Crippen LogP contribution is -2.37. The molecule has 0 aliphatic carbocycles. The van der Waals surface area contributed by atoms with Gasteiger partial charge in [-0.05, 0) is 42.0 Å². The van der Waals surface area contributed by atoms with Gasteiger partial charge in [0.05, 0.1) is 36.6 Å². The van der Waals surface area contributed by atoms with Crippen molar-refractivity contribution in [1.29, 1.82) is 5.41 Å². The van der Waals surface area contributed by atoms with E-state index in [4.69, 9.17) is 26.4 Å². The van der Waals surface area contributed by atoms with Crippen molar-refractivity contribution in [2.45, 2.75) is 20.0 Å². The number of nitrogens with two attached hydrogens (primary N) is 2. The molecule has 0 atom stereocenters. The molecule has 2 aromatic rings. The molecule has 2 aromatic heterocycles. The van der Waals surface area contributed by atoms with E-state index in [1.165, 1.54) is 0 Å². The first kappa shape index (κ1) is 23.2. The quantitative estimate of drug-likeness (QED) is 0.281. The largest absolute Gasteiger partial charge is 0.404 e. The Kier molecular flexibility index (Phi) is 7.80. The van der Waals surface area contributed by atoms with Crippen molar-refractivity contribution in [3.8, 4) is 0 Å². The molecule has 0 spiro atoms. The summed E-state index contributed by atoms with van der Waals surface area (Å²) >= 11 is 0. The minimum Gasteiger partial charge on any atom is -0.404 e. The molecule has 3 heterocycles. The predicted octanol–water partition coefficient (Wildman–Crippen LogP) is 2.34. The van der Waals surface area contributed by atoms with E-state index in [1.54, 1.807) is 31.7 Å². The third-order valence-electron chi connectivity index (χ3n) is 4.99. The second-order valence-electron chi connectivity index (χ2n) is 7.80. The molecular formula is C23H31N7O2. The minimum atomic E-state index is 0.0556. The third kappa shape index (κ3) is 5.83. The molecule has 1 fully saturated rings. The van der Waals surface area contributed by atoms with Crippen molar-refractivity contribution >= 4 is 28.1 Å². The molecule has 0 bridgehead atoms. The van der Waals surface area contributed by atoms with Gasteiger partial charge in [-0.15, -0.1) is 0 Å². The van der Waals surface area contributed by atoms with Crippen molar-refractivity contribution in [3.63, 3.8) is 0 Å². The maximum absolute atomic E-state index is 8.47. The summed E-state index contributed by atoms with van der Waals surface area (Å²) in [5.74, 6) is 1.29.